The molecule has 0 aromatic heterocycles. The Morgan fingerprint density at radius 3 is 2.22 bits per heavy atom. The van der Waals surface area contributed by atoms with Gasteiger partial charge in [-0.25, -0.2) is 4.79 Å². The standard InChI is InChI=1S/C29H31N3O4/c1-20(2)17-18-36-25-15-11-23(12-16-25)29(3)27(34)32(28(35)31-29)19-26(33)30-24-13-9-22(10-14-24)21-7-5-4-6-8-21/h4-16,20H,17-19H2,1-3H3,(H,30,33)(H,31,35). The summed E-state index contributed by atoms with van der Waals surface area (Å²) >= 11 is 0. The van der Waals surface area contributed by atoms with Crippen molar-refractivity contribution in [2.75, 3.05) is 18.5 Å². The number of benzene rings is 3. The van der Waals surface area contributed by atoms with Crippen molar-refractivity contribution in [2.45, 2.75) is 32.7 Å². The van der Waals surface area contributed by atoms with Crippen LogP contribution in [0.15, 0.2) is 78.9 Å². The molecule has 0 bridgehead atoms. The summed E-state index contributed by atoms with van der Waals surface area (Å²) < 4.78 is 5.74. The molecule has 3 aromatic rings. The van der Waals surface area contributed by atoms with Crippen molar-refractivity contribution in [3.63, 3.8) is 0 Å². The highest BCUT2D eigenvalue weighted by molar-refractivity contribution is 6.10. The number of nitrogens with zero attached hydrogens (tertiary/aromatic N) is 1. The summed E-state index contributed by atoms with van der Waals surface area (Å²) in [5, 5.41) is 5.50. The third-order valence-corrected chi connectivity index (χ3v) is 6.25. The van der Waals surface area contributed by atoms with E-state index < -0.39 is 23.4 Å². The molecule has 2 N–H and O–H groups in total. The molecule has 4 rings (SSSR count). The van der Waals surface area contributed by atoms with Crippen molar-refractivity contribution < 1.29 is 19.1 Å². The van der Waals surface area contributed by atoms with E-state index in [1.807, 2.05) is 42.5 Å². The van der Waals surface area contributed by atoms with Crippen LogP contribution in [0.25, 0.3) is 11.1 Å². The average Bonchev–Trinajstić information content (AvgIpc) is 3.09. The lowest BCUT2D eigenvalue weighted by Gasteiger charge is -2.22. The first-order chi connectivity index (χ1) is 17.3. The molecule has 1 heterocycles. The molecule has 7 nitrogen and oxygen atoms in total. The lowest BCUT2D eigenvalue weighted by atomic mass is 9.92. The first-order valence-corrected chi connectivity index (χ1v) is 12.1. The predicted molar refractivity (Wildman–Crippen MR) is 139 cm³/mol. The smallest absolute Gasteiger partial charge is 0.325 e. The maximum absolute atomic E-state index is 13.2. The molecule has 1 saturated heterocycles. The Bertz CT molecular complexity index is 1220. The Morgan fingerprint density at radius 1 is 0.944 bits per heavy atom. The predicted octanol–water partition coefficient (Wildman–Crippen LogP) is 5.18. The topological polar surface area (TPSA) is 87.7 Å². The van der Waals surface area contributed by atoms with Gasteiger partial charge in [0.05, 0.1) is 6.61 Å². The first kappa shape index (κ1) is 25.0. The molecule has 3 aromatic carbocycles. The summed E-state index contributed by atoms with van der Waals surface area (Å²) in [6.45, 7) is 6.14. The minimum absolute atomic E-state index is 0.378. The molecular formula is C29H31N3O4. The van der Waals surface area contributed by atoms with Crippen LogP contribution in [0.1, 0.15) is 32.8 Å². The molecule has 1 atom stereocenters. The van der Waals surface area contributed by atoms with Crippen molar-refractivity contribution in [1.82, 2.24) is 10.2 Å². The first-order valence-electron chi connectivity index (χ1n) is 12.1. The fourth-order valence-electron chi connectivity index (χ4n) is 4.05. The zero-order chi connectivity index (χ0) is 25.7. The van der Waals surface area contributed by atoms with Gasteiger partial charge in [0.25, 0.3) is 5.91 Å². The number of nitrogens with one attached hydrogen (secondary N) is 2. The van der Waals surface area contributed by atoms with Crippen LogP contribution in [0.2, 0.25) is 0 Å². The molecule has 1 fully saturated rings. The summed E-state index contributed by atoms with van der Waals surface area (Å²) in [5.74, 6) is 0.320. The van der Waals surface area contributed by atoms with E-state index in [0.29, 0.717) is 29.5 Å². The lowest BCUT2D eigenvalue weighted by molar-refractivity contribution is -0.133. The van der Waals surface area contributed by atoms with Crippen LogP contribution in [-0.4, -0.2) is 35.9 Å². The molecule has 36 heavy (non-hydrogen) atoms. The minimum atomic E-state index is -1.26. The van der Waals surface area contributed by atoms with Crippen molar-refractivity contribution in [3.8, 4) is 16.9 Å². The summed E-state index contributed by atoms with van der Waals surface area (Å²) in [6.07, 6.45) is 0.947. The van der Waals surface area contributed by atoms with Gasteiger partial charge in [-0.1, -0.05) is 68.4 Å². The summed E-state index contributed by atoms with van der Waals surface area (Å²) in [7, 11) is 0. The van der Waals surface area contributed by atoms with Gasteiger partial charge in [-0.3, -0.25) is 14.5 Å². The number of imide groups is 1. The third kappa shape index (κ3) is 5.57. The van der Waals surface area contributed by atoms with Gasteiger partial charge in [0.15, 0.2) is 0 Å². The molecule has 0 spiro atoms. The summed E-state index contributed by atoms with van der Waals surface area (Å²) in [4.78, 5) is 39.4. The van der Waals surface area contributed by atoms with E-state index in [9.17, 15) is 14.4 Å². The number of hydrogen-bond donors (Lipinski definition) is 2. The Hall–Kier alpha value is -4.13. The average molecular weight is 486 g/mol. The highest BCUT2D eigenvalue weighted by Crippen LogP contribution is 2.30. The second-order valence-electron chi connectivity index (χ2n) is 9.49. The number of ether oxygens (including phenoxy) is 1. The Morgan fingerprint density at radius 2 is 1.58 bits per heavy atom. The SMILES string of the molecule is CC(C)CCOc1ccc(C2(C)NC(=O)N(CC(=O)Nc3ccc(-c4ccccc4)cc3)C2=O)cc1. The van der Waals surface area contributed by atoms with Gasteiger partial charge in [0.1, 0.15) is 17.8 Å². The van der Waals surface area contributed by atoms with Crippen molar-refractivity contribution in [1.29, 1.82) is 0 Å². The Labute approximate surface area is 211 Å². The molecule has 4 amide bonds. The normalized spacial score (nSPS) is 17.3. The highest BCUT2D eigenvalue weighted by atomic mass is 16.5. The van der Waals surface area contributed by atoms with E-state index in [-0.39, 0.29) is 6.54 Å². The number of urea groups is 1. The highest BCUT2D eigenvalue weighted by Gasteiger charge is 2.49. The number of amides is 4. The molecule has 1 aliphatic rings. The molecule has 186 valence electrons. The molecule has 1 aliphatic heterocycles. The van der Waals surface area contributed by atoms with Gasteiger partial charge in [0, 0.05) is 5.69 Å². The van der Waals surface area contributed by atoms with Crippen molar-refractivity contribution >= 4 is 23.5 Å². The molecule has 0 saturated carbocycles. The molecule has 7 heteroatoms. The molecule has 0 radical (unpaired) electrons. The Balaban J connectivity index is 1.37. The van der Waals surface area contributed by atoms with Gasteiger partial charge in [-0.05, 0) is 60.2 Å². The zero-order valence-electron chi connectivity index (χ0n) is 20.8. The summed E-state index contributed by atoms with van der Waals surface area (Å²) in [5.41, 5.74) is 2.04. The van der Waals surface area contributed by atoms with E-state index in [1.54, 1.807) is 43.3 Å². The minimum Gasteiger partial charge on any atom is -0.494 e. The third-order valence-electron chi connectivity index (χ3n) is 6.25. The van der Waals surface area contributed by atoms with E-state index in [0.717, 1.165) is 22.4 Å². The van der Waals surface area contributed by atoms with E-state index in [2.05, 4.69) is 24.5 Å². The number of carbonyl (C=O) groups is 3. The van der Waals surface area contributed by atoms with Gasteiger partial charge >= 0.3 is 6.03 Å². The monoisotopic (exact) mass is 485 g/mol. The second-order valence-corrected chi connectivity index (χ2v) is 9.49. The Kier molecular flexibility index (Phi) is 7.38. The van der Waals surface area contributed by atoms with Crippen LogP contribution in [0.4, 0.5) is 10.5 Å². The lowest BCUT2D eigenvalue weighted by Crippen LogP contribution is -2.42. The van der Waals surface area contributed by atoms with Crippen LogP contribution < -0.4 is 15.4 Å². The maximum atomic E-state index is 13.2. The molecule has 1 unspecified atom stereocenters. The molecular weight excluding hydrogens is 454 g/mol. The number of hydrogen-bond acceptors (Lipinski definition) is 4. The largest absolute Gasteiger partial charge is 0.494 e. The zero-order valence-corrected chi connectivity index (χ0v) is 20.8. The van der Waals surface area contributed by atoms with Gasteiger partial charge in [-0.2, -0.15) is 0 Å². The van der Waals surface area contributed by atoms with Crippen LogP contribution in [0.5, 0.6) is 5.75 Å². The van der Waals surface area contributed by atoms with Crippen LogP contribution in [0, 0.1) is 5.92 Å². The van der Waals surface area contributed by atoms with Gasteiger partial charge < -0.3 is 15.4 Å². The fourth-order valence-corrected chi connectivity index (χ4v) is 4.05. The van der Waals surface area contributed by atoms with E-state index in [1.165, 1.54) is 0 Å². The van der Waals surface area contributed by atoms with Crippen LogP contribution >= 0.6 is 0 Å². The molecule has 0 aliphatic carbocycles. The number of rotatable bonds is 9. The fraction of sp³-hybridized carbons (Fsp3) is 0.276. The van der Waals surface area contributed by atoms with E-state index >= 15 is 0 Å². The van der Waals surface area contributed by atoms with Crippen molar-refractivity contribution in [2.24, 2.45) is 5.92 Å². The number of carbonyl (C=O) groups excluding carboxylic acids is 3. The number of anilines is 1. The van der Waals surface area contributed by atoms with Crippen LogP contribution in [0.3, 0.4) is 0 Å². The second kappa shape index (κ2) is 10.6. The van der Waals surface area contributed by atoms with Crippen molar-refractivity contribution in [3.05, 3.63) is 84.4 Å². The van der Waals surface area contributed by atoms with Crippen LogP contribution in [-0.2, 0) is 15.1 Å². The van der Waals surface area contributed by atoms with Gasteiger partial charge in [0.2, 0.25) is 5.91 Å². The van der Waals surface area contributed by atoms with Gasteiger partial charge in [-0.15, -0.1) is 0 Å². The quantitative estimate of drug-likeness (QED) is 0.409. The summed E-state index contributed by atoms with van der Waals surface area (Å²) in [6, 6.07) is 23.8. The van der Waals surface area contributed by atoms with E-state index in [4.69, 9.17) is 4.74 Å². The maximum Gasteiger partial charge on any atom is 0.325 e.